The van der Waals surface area contributed by atoms with E-state index in [1.54, 1.807) is 22.8 Å². The quantitative estimate of drug-likeness (QED) is 0.627. The maximum absolute atomic E-state index is 10.7. The Kier molecular flexibility index (Phi) is 9.59. The van der Waals surface area contributed by atoms with Crippen LogP contribution in [0, 0.1) is 0 Å². The molecule has 0 heterocycles. The third-order valence-corrected chi connectivity index (χ3v) is 7.72. The monoisotopic (exact) mass is 240 g/mol. The molecule has 0 saturated heterocycles. The van der Waals surface area contributed by atoms with E-state index in [1.165, 1.54) is 6.92 Å². The zero-order valence-electron chi connectivity index (χ0n) is 8.41. The van der Waals surface area contributed by atoms with E-state index < -0.39 is 6.55 Å². The Labute approximate surface area is 89.9 Å². The van der Waals surface area contributed by atoms with Crippen LogP contribution in [0.15, 0.2) is 0 Å². The van der Waals surface area contributed by atoms with Crippen molar-refractivity contribution in [1.82, 2.24) is 0 Å². The second-order valence-corrected chi connectivity index (χ2v) is 8.67. The summed E-state index contributed by atoms with van der Waals surface area (Å²) in [5.41, 5.74) is 0. The van der Waals surface area contributed by atoms with Gasteiger partial charge in [-0.1, -0.05) is 36.6 Å². The molecule has 0 unspecified atom stereocenters. The van der Waals surface area contributed by atoms with Crippen LogP contribution in [0.5, 0.6) is 0 Å². The largest absolute Gasteiger partial charge is 0.423 e. The highest BCUT2D eigenvalue weighted by atomic mass is 33.1. The third-order valence-electron chi connectivity index (χ3n) is 1.00. The fourth-order valence-corrected chi connectivity index (χ4v) is 6.75. The molecule has 0 aliphatic carbocycles. The molecule has 0 atom stereocenters. The molecule has 0 aliphatic heterocycles. The average molecular weight is 240 g/mol. The van der Waals surface area contributed by atoms with E-state index in [4.69, 9.17) is 4.52 Å². The van der Waals surface area contributed by atoms with Crippen molar-refractivity contribution in [3.63, 3.8) is 0 Å². The van der Waals surface area contributed by atoms with Gasteiger partial charge in [0.05, 0.1) is 0 Å². The second kappa shape index (κ2) is 9.17. The molecule has 0 saturated carbocycles. The summed E-state index contributed by atoms with van der Waals surface area (Å²) in [7, 11) is 0. The summed E-state index contributed by atoms with van der Waals surface area (Å²) in [5, 5.41) is 0. The lowest BCUT2D eigenvalue weighted by molar-refractivity contribution is -0.130. The molecule has 13 heavy (non-hydrogen) atoms. The lowest BCUT2D eigenvalue weighted by atomic mass is 10.6. The number of carbonyl (C=O) groups is 1. The van der Waals surface area contributed by atoms with Crippen LogP contribution in [0.1, 0.15) is 33.6 Å². The molecule has 0 bridgehead atoms. The van der Waals surface area contributed by atoms with Gasteiger partial charge in [0.1, 0.15) is 0 Å². The van der Waals surface area contributed by atoms with E-state index in [0.29, 0.717) is 0 Å². The molecule has 0 rings (SSSR count). The van der Waals surface area contributed by atoms with Crippen LogP contribution in [0.4, 0.5) is 0 Å². The van der Waals surface area contributed by atoms with E-state index in [2.05, 4.69) is 13.8 Å². The summed E-state index contributed by atoms with van der Waals surface area (Å²) >= 11 is 3.55. The van der Waals surface area contributed by atoms with Gasteiger partial charge in [-0.3, -0.25) is 4.79 Å². The Balaban J connectivity index is 3.66. The van der Waals surface area contributed by atoms with Crippen molar-refractivity contribution >= 4 is 35.3 Å². The SMILES string of the molecule is CCCSP(OC(C)=O)SCCC. The zero-order chi connectivity index (χ0) is 10.1. The first kappa shape index (κ1) is 13.6. The van der Waals surface area contributed by atoms with E-state index in [9.17, 15) is 4.79 Å². The topological polar surface area (TPSA) is 26.3 Å². The molecule has 5 heteroatoms. The van der Waals surface area contributed by atoms with Gasteiger partial charge < -0.3 is 4.52 Å². The normalized spacial score (nSPS) is 10.5. The predicted molar refractivity (Wildman–Crippen MR) is 64.2 cm³/mol. The van der Waals surface area contributed by atoms with Crippen LogP contribution < -0.4 is 0 Å². The summed E-state index contributed by atoms with van der Waals surface area (Å²) in [5.74, 6) is 2.00. The van der Waals surface area contributed by atoms with Crippen LogP contribution in [-0.4, -0.2) is 17.5 Å². The molecule has 2 nitrogen and oxygen atoms in total. The van der Waals surface area contributed by atoms with Crippen molar-refractivity contribution in [2.75, 3.05) is 11.5 Å². The molecule has 0 radical (unpaired) electrons. The molecular weight excluding hydrogens is 223 g/mol. The van der Waals surface area contributed by atoms with Crippen LogP contribution in [0.2, 0.25) is 0 Å². The van der Waals surface area contributed by atoms with Crippen molar-refractivity contribution in [1.29, 1.82) is 0 Å². The number of carbonyl (C=O) groups excluding carboxylic acids is 1. The van der Waals surface area contributed by atoms with Crippen molar-refractivity contribution < 1.29 is 9.32 Å². The van der Waals surface area contributed by atoms with Crippen LogP contribution in [-0.2, 0) is 9.32 Å². The number of hydrogen-bond acceptors (Lipinski definition) is 4. The van der Waals surface area contributed by atoms with Crippen molar-refractivity contribution in [3.8, 4) is 0 Å². The van der Waals surface area contributed by atoms with Gasteiger partial charge >= 0.3 is 5.97 Å². The first-order chi connectivity index (χ1) is 6.20. The molecule has 0 spiro atoms. The Morgan fingerprint density at radius 3 is 2.00 bits per heavy atom. The second-order valence-electron chi connectivity index (χ2n) is 2.47. The molecule has 0 aromatic carbocycles. The molecule has 0 N–H and O–H groups in total. The Morgan fingerprint density at radius 1 is 1.23 bits per heavy atom. The van der Waals surface area contributed by atoms with E-state index in [0.717, 1.165) is 24.3 Å². The minimum Gasteiger partial charge on any atom is -0.423 e. The van der Waals surface area contributed by atoms with E-state index in [1.807, 2.05) is 0 Å². The fraction of sp³-hybridized carbons (Fsp3) is 0.875. The lowest BCUT2D eigenvalue weighted by Gasteiger charge is -2.13. The van der Waals surface area contributed by atoms with Crippen LogP contribution >= 0.6 is 29.3 Å². The third kappa shape index (κ3) is 8.92. The van der Waals surface area contributed by atoms with Gasteiger partial charge in [0.15, 0.2) is 0 Å². The molecule has 0 aliphatic rings. The first-order valence-corrected chi connectivity index (χ1v) is 8.89. The highest BCUT2D eigenvalue weighted by molar-refractivity contribution is 8.87. The van der Waals surface area contributed by atoms with Crippen molar-refractivity contribution in [2.24, 2.45) is 0 Å². The summed E-state index contributed by atoms with van der Waals surface area (Å²) in [6.07, 6.45) is 2.27. The standard InChI is InChI=1S/C8H17O2PS2/c1-4-6-12-11(10-8(3)9)13-7-5-2/h4-7H2,1-3H3. The molecule has 78 valence electrons. The first-order valence-electron chi connectivity index (χ1n) is 4.45. The summed E-state index contributed by atoms with van der Waals surface area (Å²) in [4.78, 5) is 10.7. The number of hydrogen-bond donors (Lipinski definition) is 0. The Morgan fingerprint density at radius 2 is 1.69 bits per heavy atom. The minimum absolute atomic E-state index is 0.154. The van der Waals surface area contributed by atoms with Gasteiger partial charge in [-0.25, -0.2) is 0 Å². The minimum atomic E-state index is -0.628. The van der Waals surface area contributed by atoms with Crippen LogP contribution in [0.25, 0.3) is 0 Å². The van der Waals surface area contributed by atoms with E-state index >= 15 is 0 Å². The van der Waals surface area contributed by atoms with Gasteiger partial charge in [0.2, 0.25) is 6.55 Å². The summed E-state index contributed by atoms with van der Waals surface area (Å²) in [6.45, 7) is 5.13. The van der Waals surface area contributed by atoms with E-state index in [-0.39, 0.29) is 5.97 Å². The highest BCUT2D eigenvalue weighted by Crippen LogP contribution is 2.61. The Hall–Kier alpha value is 0.600. The maximum atomic E-state index is 10.7. The Bertz CT molecular complexity index is 136. The van der Waals surface area contributed by atoms with Gasteiger partial charge in [0, 0.05) is 18.4 Å². The lowest BCUT2D eigenvalue weighted by Crippen LogP contribution is -1.90. The number of rotatable bonds is 7. The van der Waals surface area contributed by atoms with Crippen LogP contribution in [0.3, 0.4) is 0 Å². The molecular formula is C8H17O2PS2. The highest BCUT2D eigenvalue weighted by Gasteiger charge is 2.12. The molecule has 0 amide bonds. The van der Waals surface area contributed by atoms with Gasteiger partial charge in [-0.15, -0.1) is 0 Å². The molecule has 0 fully saturated rings. The summed E-state index contributed by atoms with van der Waals surface area (Å²) in [6, 6.07) is 0. The van der Waals surface area contributed by atoms with Crippen molar-refractivity contribution in [3.05, 3.63) is 0 Å². The van der Waals surface area contributed by atoms with Gasteiger partial charge in [-0.2, -0.15) is 0 Å². The fourth-order valence-electron chi connectivity index (χ4n) is 0.527. The predicted octanol–water partition coefficient (Wildman–Crippen LogP) is 4.06. The van der Waals surface area contributed by atoms with Crippen molar-refractivity contribution in [2.45, 2.75) is 33.6 Å². The molecule has 0 aromatic rings. The maximum Gasteiger partial charge on any atom is 0.306 e. The average Bonchev–Trinajstić information content (AvgIpc) is 2.09. The molecule has 0 aromatic heterocycles. The smallest absolute Gasteiger partial charge is 0.306 e. The van der Waals surface area contributed by atoms with Gasteiger partial charge in [0.25, 0.3) is 0 Å². The summed E-state index contributed by atoms with van der Waals surface area (Å²) < 4.78 is 5.21. The zero-order valence-corrected chi connectivity index (χ0v) is 10.9. The van der Waals surface area contributed by atoms with Gasteiger partial charge in [-0.05, 0) is 12.8 Å².